The fourth-order valence-corrected chi connectivity index (χ4v) is 3.82. The van der Waals surface area contributed by atoms with Gasteiger partial charge in [0, 0.05) is 5.56 Å². The molecule has 1 N–H and O–H groups in total. The van der Waals surface area contributed by atoms with Crippen molar-refractivity contribution in [3.63, 3.8) is 0 Å². The lowest BCUT2D eigenvalue weighted by molar-refractivity contribution is 0.0937. The number of ether oxygens (including phenoxy) is 1. The van der Waals surface area contributed by atoms with Crippen LogP contribution in [0.5, 0.6) is 5.75 Å². The molecule has 0 aliphatic carbocycles. The quantitative estimate of drug-likeness (QED) is 0.422. The van der Waals surface area contributed by atoms with Gasteiger partial charge in [-0.05, 0) is 69.2 Å². The standard InChI is InChI=1S/C27H29N3O2/c1-18-10-13-22(14-11-18)27(31)28-21(4)26-29-23-7-5-6-8-24(23)30(26)15-16-32-25-17-19(2)9-12-20(25)3/h5-14,17,21H,15-16H2,1-4H3,(H,28,31). The summed E-state index contributed by atoms with van der Waals surface area (Å²) in [6.45, 7) is 9.23. The van der Waals surface area contributed by atoms with Crippen LogP contribution in [0, 0.1) is 20.8 Å². The van der Waals surface area contributed by atoms with Crippen molar-refractivity contribution >= 4 is 16.9 Å². The summed E-state index contributed by atoms with van der Waals surface area (Å²) < 4.78 is 8.24. The van der Waals surface area contributed by atoms with E-state index >= 15 is 0 Å². The minimum Gasteiger partial charge on any atom is -0.491 e. The minimum atomic E-state index is -0.253. The minimum absolute atomic E-state index is 0.109. The van der Waals surface area contributed by atoms with Crippen LogP contribution in [0.15, 0.2) is 66.7 Å². The van der Waals surface area contributed by atoms with Crippen LogP contribution in [-0.4, -0.2) is 22.1 Å². The maximum atomic E-state index is 12.8. The normalized spacial score (nSPS) is 12.0. The van der Waals surface area contributed by atoms with Crippen LogP contribution in [0.25, 0.3) is 11.0 Å². The number of imidazole rings is 1. The largest absolute Gasteiger partial charge is 0.491 e. The SMILES string of the molecule is Cc1ccc(C(=O)NC(C)c2nc3ccccc3n2CCOc2cc(C)ccc2C)cc1. The smallest absolute Gasteiger partial charge is 0.251 e. The van der Waals surface area contributed by atoms with Crippen LogP contribution < -0.4 is 10.1 Å². The highest BCUT2D eigenvalue weighted by atomic mass is 16.5. The number of fused-ring (bicyclic) bond motifs is 1. The van der Waals surface area contributed by atoms with Gasteiger partial charge in [0.15, 0.2) is 0 Å². The van der Waals surface area contributed by atoms with Crippen LogP contribution in [-0.2, 0) is 6.54 Å². The molecule has 1 atom stereocenters. The van der Waals surface area contributed by atoms with Crippen molar-refractivity contribution in [1.29, 1.82) is 0 Å². The Morgan fingerprint density at radius 3 is 2.50 bits per heavy atom. The Kier molecular flexibility index (Phi) is 6.26. The third-order valence-corrected chi connectivity index (χ3v) is 5.65. The van der Waals surface area contributed by atoms with Gasteiger partial charge < -0.3 is 14.6 Å². The molecule has 0 bridgehead atoms. The molecule has 0 aliphatic heterocycles. The van der Waals surface area contributed by atoms with E-state index in [0.717, 1.165) is 33.7 Å². The lowest BCUT2D eigenvalue weighted by atomic mass is 10.1. The van der Waals surface area contributed by atoms with Crippen molar-refractivity contribution in [2.24, 2.45) is 0 Å². The second-order valence-corrected chi connectivity index (χ2v) is 8.29. The van der Waals surface area contributed by atoms with Crippen LogP contribution in [0.3, 0.4) is 0 Å². The summed E-state index contributed by atoms with van der Waals surface area (Å²) in [6.07, 6.45) is 0. The first-order chi connectivity index (χ1) is 15.4. The summed E-state index contributed by atoms with van der Waals surface area (Å²) in [5.41, 5.74) is 6.00. The zero-order valence-corrected chi connectivity index (χ0v) is 19.1. The van der Waals surface area contributed by atoms with E-state index in [1.54, 1.807) is 0 Å². The zero-order chi connectivity index (χ0) is 22.7. The summed E-state index contributed by atoms with van der Waals surface area (Å²) >= 11 is 0. The molecule has 0 saturated carbocycles. The second kappa shape index (κ2) is 9.27. The topological polar surface area (TPSA) is 56.2 Å². The molecule has 0 fully saturated rings. The van der Waals surface area contributed by atoms with Crippen LogP contribution in [0.2, 0.25) is 0 Å². The van der Waals surface area contributed by atoms with E-state index in [0.29, 0.717) is 18.7 Å². The third-order valence-electron chi connectivity index (χ3n) is 5.65. The Balaban J connectivity index is 1.54. The lowest BCUT2D eigenvalue weighted by Crippen LogP contribution is -2.29. The molecule has 4 aromatic rings. The van der Waals surface area contributed by atoms with Crippen molar-refractivity contribution in [3.05, 3.63) is 94.8 Å². The maximum Gasteiger partial charge on any atom is 0.251 e. The third kappa shape index (κ3) is 4.67. The molecule has 5 nitrogen and oxygen atoms in total. The predicted molar refractivity (Wildman–Crippen MR) is 128 cm³/mol. The molecule has 164 valence electrons. The molecule has 1 aromatic heterocycles. The Labute approximate surface area is 189 Å². The van der Waals surface area contributed by atoms with Gasteiger partial charge in [-0.3, -0.25) is 4.79 Å². The Morgan fingerprint density at radius 2 is 1.72 bits per heavy atom. The van der Waals surface area contributed by atoms with E-state index in [-0.39, 0.29) is 11.9 Å². The van der Waals surface area contributed by atoms with Crippen molar-refractivity contribution < 1.29 is 9.53 Å². The molecule has 4 rings (SSSR count). The van der Waals surface area contributed by atoms with Crippen LogP contribution in [0.1, 0.15) is 45.8 Å². The molecule has 0 spiro atoms. The molecule has 5 heteroatoms. The number of amides is 1. The van der Waals surface area contributed by atoms with Gasteiger partial charge in [-0.25, -0.2) is 4.98 Å². The highest BCUT2D eigenvalue weighted by Crippen LogP contribution is 2.23. The fourth-order valence-electron chi connectivity index (χ4n) is 3.82. The lowest BCUT2D eigenvalue weighted by Gasteiger charge is -2.17. The highest BCUT2D eigenvalue weighted by molar-refractivity contribution is 5.94. The number of carbonyl (C=O) groups is 1. The molecule has 0 saturated heterocycles. The van der Waals surface area contributed by atoms with E-state index in [4.69, 9.17) is 9.72 Å². The molecule has 1 unspecified atom stereocenters. The van der Waals surface area contributed by atoms with Gasteiger partial charge in [-0.15, -0.1) is 0 Å². The number of aromatic nitrogens is 2. The zero-order valence-electron chi connectivity index (χ0n) is 19.1. The number of rotatable bonds is 7. The van der Waals surface area contributed by atoms with Crippen LogP contribution >= 0.6 is 0 Å². The molecule has 1 amide bonds. The summed E-state index contributed by atoms with van der Waals surface area (Å²) in [4.78, 5) is 17.6. The number of nitrogens with one attached hydrogen (secondary N) is 1. The number of carbonyl (C=O) groups excluding carboxylic acids is 1. The van der Waals surface area contributed by atoms with Gasteiger partial charge in [0.2, 0.25) is 0 Å². The summed E-state index contributed by atoms with van der Waals surface area (Å²) in [5.74, 6) is 1.61. The number of benzene rings is 3. The molecule has 32 heavy (non-hydrogen) atoms. The van der Waals surface area contributed by atoms with Crippen molar-refractivity contribution in [2.45, 2.75) is 40.3 Å². The van der Waals surface area contributed by atoms with Gasteiger partial charge in [0.1, 0.15) is 18.2 Å². The predicted octanol–water partition coefficient (Wildman–Crippen LogP) is 5.53. The number of nitrogens with zero attached hydrogens (tertiary/aromatic N) is 2. The molecular weight excluding hydrogens is 398 g/mol. The van der Waals surface area contributed by atoms with Crippen molar-refractivity contribution in [2.75, 3.05) is 6.61 Å². The first kappa shape index (κ1) is 21.6. The molecular formula is C27H29N3O2. The van der Waals surface area contributed by atoms with Gasteiger partial charge >= 0.3 is 0 Å². The van der Waals surface area contributed by atoms with Crippen molar-refractivity contribution in [1.82, 2.24) is 14.9 Å². The number of aryl methyl sites for hydroxylation is 3. The highest BCUT2D eigenvalue weighted by Gasteiger charge is 2.19. The molecule has 0 radical (unpaired) electrons. The molecule has 1 heterocycles. The summed E-state index contributed by atoms with van der Waals surface area (Å²) in [7, 11) is 0. The first-order valence-corrected chi connectivity index (χ1v) is 10.9. The Morgan fingerprint density at radius 1 is 1.00 bits per heavy atom. The monoisotopic (exact) mass is 427 g/mol. The van der Waals surface area contributed by atoms with Gasteiger partial charge in [0.05, 0.1) is 23.6 Å². The average Bonchev–Trinajstić information content (AvgIpc) is 3.15. The van der Waals surface area contributed by atoms with Crippen LogP contribution in [0.4, 0.5) is 0 Å². The molecule has 3 aromatic carbocycles. The Hall–Kier alpha value is -3.60. The van der Waals surface area contributed by atoms with E-state index < -0.39 is 0 Å². The number of hydrogen-bond donors (Lipinski definition) is 1. The Bertz CT molecular complexity index is 1240. The van der Waals surface area contributed by atoms with Gasteiger partial charge in [-0.2, -0.15) is 0 Å². The van der Waals surface area contributed by atoms with Crippen molar-refractivity contribution in [3.8, 4) is 5.75 Å². The van der Waals surface area contributed by atoms with Gasteiger partial charge in [-0.1, -0.05) is 42.0 Å². The maximum absolute atomic E-state index is 12.8. The van der Waals surface area contributed by atoms with Gasteiger partial charge in [0.25, 0.3) is 5.91 Å². The summed E-state index contributed by atoms with van der Waals surface area (Å²) in [6, 6.07) is 21.6. The molecule has 0 aliphatic rings. The fraction of sp³-hybridized carbons (Fsp3) is 0.259. The first-order valence-electron chi connectivity index (χ1n) is 10.9. The van der Waals surface area contributed by atoms with E-state index in [9.17, 15) is 4.79 Å². The van der Waals surface area contributed by atoms with E-state index in [1.165, 1.54) is 5.56 Å². The van der Waals surface area contributed by atoms with E-state index in [2.05, 4.69) is 48.0 Å². The number of para-hydroxylation sites is 2. The average molecular weight is 428 g/mol. The summed E-state index contributed by atoms with van der Waals surface area (Å²) in [5, 5.41) is 3.09. The second-order valence-electron chi connectivity index (χ2n) is 8.29. The number of hydrogen-bond acceptors (Lipinski definition) is 3. The van der Waals surface area contributed by atoms with E-state index in [1.807, 2.05) is 56.3 Å².